The SMILES string of the molecule is Cc1cc(=O)c(COC(=O)c2cn[nH]c2C)n[nH]1. The Morgan fingerprint density at radius 3 is 2.78 bits per heavy atom. The van der Waals surface area contributed by atoms with Crippen LogP contribution < -0.4 is 5.43 Å². The van der Waals surface area contributed by atoms with Crippen molar-refractivity contribution in [1.29, 1.82) is 0 Å². The lowest BCUT2D eigenvalue weighted by Crippen LogP contribution is -2.16. The predicted molar refractivity (Wildman–Crippen MR) is 62.0 cm³/mol. The average molecular weight is 248 g/mol. The molecule has 0 spiro atoms. The quantitative estimate of drug-likeness (QED) is 0.769. The van der Waals surface area contributed by atoms with Crippen molar-refractivity contribution in [3.05, 3.63) is 45.1 Å². The largest absolute Gasteiger partial charge is 0.455 e. The molecule has 2 aromatic rings. The standard InChI is InChI=1S/C11H12N4O3/c1-6-3-10(16)9(15-13-6)5-18-11(17)8-4-12-14-7(8)2/h3-4H,5H2,1-2H3,(H,12,14)(H,13,16). The van der Waals surface area contributed by atoms with Gasteiger partial charge in [0.1, 0.15) is 17.9 Å². The Morgan fingerprint density at radius 2 is 2.17 bits per heavy atom. The topological polar surface area (TPSA) is 101 Å². The number of carbonyl (C=O) groups excluding carboxylic acids is 1. The smallest absolute Gasteiger partial charge is 0.342 e. The van der Waals surface area contributed by atoms with Crippen molar-refractivity contribution in [1.82, 2.24) is 20.4 Å². The highest BCUT2D eigenvalue weighted by Crippen LogP contribution is 2.05. The Morgan fingerprint density at radius 1 is 1.39 bits per heavy atom. The van der Waals surface area contributed by atoms with E-state index in [-0.39, 0.29) is 17.7 Å². The van der Waals surface area contributed by atoms with Gasteiger partial charge < -0.3 is 4.74 Å². The molecule has 7 heteroatoms. The summed E-state index contributed by atoms with van der Waals surface area (Å²) in [6.45, 7) is 3.26. The van der Waals surface area contributed by atoms with E-state index >= 15 is 0 Å². The summed E-state index contributed by atoms with van der Waals surface area (Å²) in [6.07, 6.45) is 1.38. The second-order valence-corrected chi connectivity index (χ2v) is 3.85. The molecule has 0 saturated heterocycles. The molecule has 2 heterocycles. The fourth-order valence-corrected chi connectivity index (χ4v) is 1.39. The van der Waals surface area contributed by atoms with E-state index in [1.54, 1.807) is 13.8 Å². The number of nitrogens with zero attached hydrogens (tertiary/aromatic N) is 2. The van der Waals surface area contributed by atoms with Crippen LogP contribution in [0.5, 0.6) is 0 Å². The Labute approximate surface area is 102 Å². The lowest BCUT2D eigenvalue weighted by atomic mass is 10.3. The number of nitrogens with one attached hydrogen (secondary N) is 2. The van der Waals surface area contributed by atoms with Gasteiger partial charge in [-0.05, 0) is 13.8 Å². The number of rotatable bonds is 3. The van der Waals surface area contributed by atoms with E-state index < -0.39 is 5.97 Å². The highest BCUT2D eigenvalue weighted by Gasteiger charge is 2.13. The van der Waals surface area contributed by atoms with Gasteiger partial charge in [0.05, 0.1) is 6.20 Å². The van der Waals surface area contributed by atoms with E-state index in [2.05, 4.69) is 20.4 Å². The minimum absolute atomic E-state index is 0.162. The number of H-pyrrole nitrogens is 2. The molecule has 18 heavy (non-hydrogen) atoms. The van der Waals surface area contributed by atoms with Gasteiger partial charge in [0.15, 0.2) is 0 Å². The first-order valence-corrected chi connectivity index (χ1v) is 5.30. The first kappa shape index (κ1) is 12.0. The highest BCUT2D eigenvalue weighted by atomic mass is 16.5. The van der Waals surface area contributed by atoms with Crippen LogP contribution in [0.3, 0.4) is 0 Å². The molecule has 0 aliphatic rings. The maximum absolute atomic E-state index is 11.7. The molecule has 2 N–H and O–H groups in total. The van der Waals surface area contributed by atoms with E-state index in [4.69, 9.17) is 4.74 Å². The molecular formula is C11H12N4O3. The Hall–Kier alpha value is -2.44. The molecule has 94 valence electrons. The molecule has 2 rings (SSSR count). The monoisotopic (exact) mass is 248 g/mol. The summed E-state index contributed by atoms with van der Waals surface area (Å²) in [5, 5.41) is 12.8. The zero-order chi connectivity index (χ0) is 13.1. The Bertz CT molecular complexity index is 629. The molecule has 0 fully saturated rings. The maximum Gasteiger partial charge on any atom is 0.342 e. The van der Waals surface area contributed by atoms with Gasteiger partial charge in [-0.25, -0.2) is 4.79 Å². The van der Waals surface area contributed by atoms with Gasteiger partial charge in [0.2, 0.25) is 5.43 Å². The zero-order valence-electron chi connectivity index (χ0n) is 9.98. The van der Waals surface area contributed by atoms with Crippen LogP contribution in [0.4, 0.5) is 0 Å². The van der Waals surface area contributed by atoms with Crippen molar-refractivity contribution < 1.29 is 9.53 Å². The second kappa shape index (κ2) is 4.82. The van der Waals surface area contributed by atoms with E-state index in [9.17, 15) is 9.59 Å². The minimum atomic E-state index is -0.539. The lowest BCUT2D eigenvalue weighted by molar-refractivity contribution is 0.0464. The van der Waals surface area contributed by atoms with Crippen LogP contribution in [-0.4, -0.2) is 26.4 Å². The molecule has 0 aliphatic carbocycles. The van der Waals surface area contributed by atoms with Crippen LogP contribution >= 0.6 is 0 Å². The van der Waals surface area contributed by atoms with Crippen molar-refractivity contribution in [2.45, 2.75) is 20.5 Å². The van der Waals surface area contributed by atoms with Crippen molar-refractivity contribution in [3.63, 3.8) is 0 Å². The number of aromatic amines is 2. The molecule has 2 aromatic heterocycles. The summed E-state index contributed by atoms with van der Waals surface area (Å²) in [5.74, 6) is -0.539. The number of carbonyl (C=O) groups is 1. The summed E-state index contributed by atoms with van der Waals surface area (Å²) in [6, 6.07) is 1.40. The van der Waals surface area contributed by atoms with Crippen molar-refractivity contribution in [2.24, 2.45) is 0 Å². The molecule has 0 unspecified atom stereocenters. The molecule has 0 bridgehead atoms. The average Bonchev–Trinajstić information content (AvgIpc) is 2.74. The van der Waals surface area contributed by atoms with Crippen LogP contribution in [-0.2, 0) is 11.3 Å². The van der Waals surface area contributed by atoms with Gasteiger partial charge in [-0.2, -0.15) is 10.2 Å². The summed E-state index contributed by atoms with van der Waals surface area (Å²) in [7, 11) is 0. The Balaban J connectivity index is 2.06. The molecule has 7 nitrogen and oxygen atoms in total. The molecule has 0 atom stereocenters. The molecule has 0 aromatic carbocycles. The van der Waals surface area contributed by atoms with E-state index in [1.807, 2.05) is 0 Å². The van der Waals surface area contributed by atoms with E-state index in [1.165, 1.54) is 12.3 Å². The molecule has 0 saturated carbocycles. The van der Waals surface area contributed by atoms with Crippen molar-refractivity contribution >= 4 is 5.97 Å². The first-order valence-electron chi connectivity index (χ1n) is 5.30. The third-order valence-electron chi connectivity index (χ3n) is 2.39. The molecule has 0 aliphatic heterocycles. The van der Waals surface area contributed by atoms with Gasteiger partial charge >= 0.3 is 5.97 Å². The minimum Gasteiger partial charge on any atom is -0.455 e. The molecule has 0 amide bonds. The van der Waals surface area contributed by atoms with Gasteiger partial charge in [0.25, 0.3) is 0 Å². The molecule has 0 radical (unpaired) electrons. The number of esters is 1. The van der Waals surface area contributed by atoms with Crippen molar-refractivity contribution in [3.8, 4) is 0 Å². The van der Waals surface area contributed by atoms with E-state index in [0.29, 0.717) is 17.0 Å². The summed E-state index contributed by atoms with van der Waals surface area (Å²) >= 11 is 0. The van der Waals surface area contributed by atoms with Gasteiger partial charge in [0, 0.05) is 17.5 Å². The maximum atomic E-state index is 11.7. The van der Waals surface area contributed by atoms with Crippen LogP contribution in [0.1, 0.15) is 27.4 Å². The predicted octanol–water partition coefficient (Wildman–Crippen LogP) is 0.467. The lowest BCUT2D eigenvalue weighted by Gasteiger charge is -2.03. The first-order chi connectivity index (χ1) is 8.58. The zero-order valence-corrected chi connectivity index (χ0v) is 9.98. The number of aromatic nitrogens is 4. The number of aryl methyl sites for hydroxylation is 2. The number of hydrogen-bond donors (Lipinski definition) is 2. The second-order valence-electron chi connectivity index (χ2n) is 3.85. The van der Waals surface area contributed by atoms with Crippen molar-refractivity contribution in [2.75, 3.05) is 0 Å². The van der Waals surface area contributed by atoms with Crippen LogP contribution in [0.2, 0.25) is 0 Å². The number of hydrogen-bond acceptors (Lipinski definition) is 5. The van der Waals surface area contributed by atoms with Gasteiger partial charge in [-0.3, -0.25) is 15.0 Å². The van der Waals surface area contributed by atoms with E-state index in [0.717, 1.165) is 0 Å². The summed E-state index contributed by atoms with van der Waals surface area (Å²) in [5.41, 5.74) is 1.52. The van der Waals surface area contributed by atoms with Gasteiger partial charge in [-0.15, -0.1) is 0 Å². The third-order valence-corrected chi connectivity index (χ3v) is 2.39. The fraction of sp³-hybridized carbons (Fsp3) is 0.273. The third kappa shape index (κ3) is 2.45. The van der Waals surface area contributed by atoms with Crippen LogP contribution in [0.15, 0.2) is 17.1 Å². The fourth-order valence-electron chi connectivity index (χ4n) is 1.39. The highest BCUT2D eigenvalue weighted by molar-refractivity contribution is 5.90. The summed E-state index contributed by atoms with van der Waals surface area (Å²) in [4.78, 5) is 23.2. The molecular weight excluding hydrogens is 236 g/mol. The number of ether oxygens (including phenoxy) is 1. The van der Waals surface area contributed by atoms with Crippen LogP contribution in [0.25, 0.3) is 0 Å². The summed E-state index contributed by atoms with van der Waals surface area (Å²) < 4.78 is 4.99. The normalized spacial score (nSPS) is 10.3. The Kier molecular flexibility index (Phi) is 3.22. The van der Waals surface area contributed by atoms with Crippen LogP contribution in [0, 0.1) is 13.8 Å². The van der Waals surface area contributed by atoms with Gasteiger partial charge in [-0.1, -0.05) is 0 Å².